The fourth-order valence-electron chi connectivity index (χ4n) is 9.73. The van der Waals surface area contributed by atoms with Crippen molar-refractivity contribution in [1.29, 1.82) is 0 Å². The summed E-state index contributed by atoms with van der Waals surface area (Å²) in [7, 11) is 4.47. The van der Waals surface area contributed by atoms with Gasteiger partial charge in [-0.25, -0.2) is 4.79 Å². The molecule has 13 nitrogen and oxygen atoms in total. The number of carbonyl (C=O) groups is 4. The monoisotopic (exact) mass is 817 g/mol. The minimum absolute atomic E-state index is 0.0411. The van der Waals surface area contributed by atoms with E-state index in [0.29, 0.717) is 36.3 Å². The summed E-state index contributed by atoms with van der Waals surface area (Å²) in [5.41, 5.74) is 1.20. The van der Waals surface area contributed by atoms with Crippen molar-refractivity contribution in [2.24, 2.45) is 35.5 Å². The number of piperidine rings is 1. The van der Waals surface area contributed by atoms with E-state index in [0.717, 1.165) is 24.2 Å². The zero-order valence-electron chi connectivity index (χ0n) is 36.3. The van der Waals surface area contributed by atoms with E-state index in [1.165, 1.54) is 21.1 Å². The van der Waals surface area contributed by atoms with Crippen LogP contribution in [-0.4, -0.2) is 120 Å². The van der Waals surface area contributed by atoms with Crippen LogP contribution in [0.5, 0.6) is 0 Å². The molecule has 3 aliphatic heterocycles. The van der Waals surface area contributed by atoms with Crippen molar-refractivity contribution >= 4 is 23.4 Å². The number of aliphatic hydroxyl groups is 3. The predicted octanol–water partition coefficient (Wildman–Crippen LogP) is 5.23. The lowest BCUT2D eigenvalue weighted by atomic mass is 9.79. The molecule has 0 aromatic carbocycles. The molecule has 4 rings (SSSR count). The minimum atomic E-state index is -2.78. The lowest BCUT2D eigenvalue weighted by Crippen LogP contribution is -2.70. The van der Waals surface area contributed by atoms with Crippen molar-refractivity contribution in [1.82, 2.24) is 4.90 Å². The fraction of sp³-hybridized carbons (Fsp3) is 0.778. The van der Waals surface area contributed by atoms with Crippen molar-refractivity contribution in [3.05, 3.63) is 36.0 Å². The molecule has 4 aliphatic rings. The maximum absolute atomic E-state index is 14.3. The van der Waals surface area contributed by atoms with Gasteiger partial charge in [0.05, 0.1) is 12.2 Å². The van der Waals surface area contributed by atoms with Gasteiger partial charge >= 0.3 is 5.97 Å². The first kappa shape index (κ1) is 47.9. The van der Waals surface area contributed by atoms with Crippen molar-refractivity contribution in [3.63, 3.8) is 0 Å². The van der Waals surface area contributed by atoms with Crippen LogP contribution in [0.2, 0.25) is 0 Å². The quantitative estimate of drug-likeness (QED) is 0.173. The molecule has 0 radical (unpaired) electrons. The number of cyclic esters (lactones) is 1. The summed E-state index contributed by atoms with van der Waals surface area (Å²) < 4.78 is 29.5. The maximum Gasteiger partial charge on any atom is 0.329 e. The molecule has 1 amide bonds. The lowest BCUT2D eigenvalue weighted by molar-refractivity contribution is -0.410. The molecule has 14 atom stereocenters. The summed E-state index contributed by atoms with van der Waals surface area (Å²) in [5.74, 6) is -10.1. The summed E-state index contributed by atoms with van der Waals surface area (Å²) in [4.78, 5) is 57.9. The van der Waals surface area contributed by atoms with E-state index in [9.17, 15) is 34.5 Å². The van der Waals surface area contributed by atoms with E-state index in [-0.39, 0.29) is 68.3 Å². The molecular formula is C45H71NO12. The van der Waals surface area contributed by atoms with Gasteiger partial charge in [-0.15, -0.1) is 6.58 Å². The third-order valence-corrected chi connectivity index (χ3v) is 13.3. The Bertz CT molecular complexity index is 1530. The number of aliphatic hydroxyl groups excluding tert-OH is 1. The molecule has 1 aliphatic carbocycles. The number of methoxy groups -OCH3 is 3. The number of Topliss-reactive ketones (excluding diaryl/α,β-unsaturated/α-hetero) is 2. The minimum Gasteiger partial charge on any atom is -0.456 e. The SMILES string of the molecule is C=CCC1=CC(C)C[C@H](C)C[C@H](OC)[C@@]2(O)O[C@@](O)(C(=O)C(=O)N3CCCC[C@H]3C(=O)O[C@H](C(C)=C[C@@H]3CC[C@@H](C)[C@H](OC)C3)[C@H](C)[C@@H](O)CC1=O)[C@H](C)C[C@@H]2OC. The Balaban J connectivity index is 1.80. The first-order chi connectivity index (χ1) is 27.3. The molecule has 58 heavy (non-hydrogen) atoms. The number of amides is 1. The standard InChI is InChI=1S/C45H71NO12/c1-11-14-33-20-26(2)19-27(3)21-38(55-9)45(53)39(56-10)23-30(6)44(52,58-45)41(49)42(50)46-18-13-12-15-34(46)43(51)57-40(31(7)35(47)25-36(33)48)29(5)22-32-17-16-28(4)37(24-32)54-8/h11,20,22,26-28,30-32,34-35,37-40,47,52-53H,1,12-19,21,23-25H2,2-10H3/t26?,27-,28+,30+,31+,32-,34-,35-,37+,38-,39-,40+,44+,45+/m0/s1. The van der Waals surface area contributed by atoms with Gasteiger partial charge in [-0.2, -0.15) is 0 Å². The molecule has 3 fully saturated rings. The average molecular weight is 818 g/mol. The number of ketones is 2. The Kier molecular flexibility index (Phi) is 17.1. The average Bonchev–Trinajstić information content (AvgIpc) is 3.19. The van der Waals surface area contributed by atoms with Crippen LogP contribution < -0.4 is 0 Å². The van der Waals surface area contributed by atoms with Crippen LogP contribution in [-0.2, 0) is 42.9 Å². The summed E-state index contributed by atoms with van der Waals surface area (Å²) in [5, 5.41) is 36.0. The molecular weight excluding hydrogens is 746 g/mol. The highest BCUT2D eigenvalue weighted by molar-refractivity contribution is 6.39. The van der Waals surface area contributed by atoms with Gasteiger partial charge in [0.15, 0.2) is 5.78 Å². The Labute approximate surface area is 345 Å². The van der Waals surface area contributed by atoms with Gasteiger partial charge in [-0.3, -0.25) is 14.4 Å². The normalized spacial score (nSPS) is 40.9. The Morgan fingerprint density at radius 2 is 1.60 bits per heavy atom. The molecule has 0 aromatic rings. The number of hydrogen-bond donors (Lipinski definition) is 3. The highest BCUT2D eigenvalue weighted by Gasteiger charge is 2.63. The van der Waals surface area contributed by atoms with Crippen LogP contribution in [0.3, 0.4) is 0 Å². The van der Waals surface area contributed by atoms with Gasteiger partial charge in [0.25, 0.3) is 11.7 Å². The summed E-state index contributed by atoms with van der Waals surface area (Å²) in [6.07, 6.45) is 6.05. The number of fused-ring (bicyclic) bond motifs is 3. The zero-order chi connectivity index (χ0) is 43.1. The van der Waals surface area contributed by atoms with E-state index < -0.39 is 71.5 Å². The first-order valence-electron chi connectivity index (χ1n) is 21.3. The molecule has 3 N–H and O–H groups in total. The molecule has 3 heterocycles. The number of esters is 1. The van der Waals surface area contributed by atoms with Gasteiger partial charge in [-0.1, -0.05) is 52.8 Å². The highest BCUT2D eigenvalue weighted by Crippen LogP contribution is 2.44. The summed E-state index contributed by atoms with van der Waals surface area (Å²) in [6, 6.07) is -1.18. The van der Waals surface area contributed by atoms with Crippen LogP contribution in [0.4, 0.5) is 0 Å². The number of ether oxygens (including phenoxy) is 5. The summed E-state index contributed by atoms with van der Waals surface area (Å²) in [6.45, 7) is 15.1. The van der Waals surface area contributed by atoms with Gasteiger partial charge in [0.1, 0.15) is 24.4 Å². The number of carbonyl (C=O) groups excluding carboxylic acids is 4. The number of hydrogen-bond acceptors (Lipinski definition) is 12. The number of rotatable bonds is 7. The maximum atomic E-state index is 14.3. The van der Waals surface area contributed by atoms with E-state index in [4.69, 9.17) is 23.7 Å². The summed E-state index contributed by atoms with van der Waals surface area (Å²) >= 11 is 0. The second-order valence-electron chi connectivity index (χ2n) is 17.9. The van der Waals surface area contributed by atoms with Gasteiger partial charge in [0, 0.05) is 46.1 Å². The predicted molar refractivity (Wildman–Crippen MR) is 217 cm³/mol. The third-order valence-electron chi connectivity index (χ3n) is 13.3. The van der Waals surface area contributed by atoms with Crippen molar-refractivity contribution in [3.8, 4) is 0 Å². The van der Waals surface area contributed by atoms with Gasteiger partial charge < -0.3 is 43.9 Å². The number of nitrogens with zero attached hydrogens (tertiary/aromatic N) is 1. The zero-order valence-corrected chi connectivity index (χ0v) is 36.3. The second kappa shape index (κ2) is 20.7. The van der Waals surface area contributed by atoms with E-state index >= 15 is 0 Å². The topological polar surface area (TPSA) is 178 Å². The van der Waals surface area contributed by atoms with Crippen LogP contribution >= 0.6 is 0 Å². The first-order valence-corrected chi connectivity index (χ1v) is 21.3. The molecule has 0 aromatic heterocycles. The van der Waals surface area contributed by atoms with Crippen LogP contribution in [0.25, 0.3) is 0 Å². The van der Waals surface area contributed by atoms with Crippen LogP contribution in [0, 0.1) is 35.5 Å². The Hall–Kier alpha value is -2.78. The Morgan fingerprint density at radius 1 is 0.931 bits per heavy atom. The van der Waals surface area contributed by atoms with Gasteiger partial charge in [0.2, 0.25) is 11.6 Å². The van der Waals surface area contributed by atoms with Crippen molar-refractivity contribution < 1.29 is 58.2 Å². The highest BCUT2D eigenvalue weighted by atomic mass is 16.7. The van der Waals surface area contributed by atoms with Crippen molar-refractivity contribution in [2.45, 2.75) is 160 Å². The van der Waals surface area contributed by atoms with Gasteiger partial charge in [-0.05, 0) is 106 Å². The van der Waals surface area contributed by atoms with Crippen LogP contribution in [0.15, 0.2) is 36.0 Å². The second-order valence-corrected chi connectivity index (χ2v) is 17.9. The van der Waals surface area contributed by atoms with Crippen molar-refractivity contribution in [2.75, 3.05) is 27.9 Å². The Morgan fingerprint density at radius 3 is 2.24 bits per heavy atom. The third kappa shape index (κ3) is 10.7. The molecule has 2 saturated heterocycles. The largest absolute Gasteiger partial charge is 0.456 e. The number of allylic oxidation sites excluding steroid dienone is 4. The molecule has 328 valence electrons. The smallest absolute Gasteiger partial charge is 0.329 e. The molecule has 1 saturated carbocycles. The molecule has 2 bridgehead atoms. The van der Waals surface area contributed by atoms with Crippen LogP contribution in [0.1, 0.15) is 112 Å². The molecule has 1 unspecified atom stereocenters. The fourth-order valence-corrected chi connectivity index (χ4v) is 9.73. The van der Waals surface area contributed by atoms with E-state index in [1.54, 1.807) is 20.1 Å². The lowest BCUT2D eigenvalue weighted by Gasteiger charge is -2.51. The molecule has 0 spiro atoms. The van der Waals surface area contributed by atoms with E-state index in [1.807, 2.05) is 26.8 Å². The molecule has 13 heteroatoms. The van der Waals surface area contributed by atoms with E-state index in [2.05, 4.69) is 19.6 Å².